The minimum Gasteiger partial charge on any atom is -0.493 e. The summed E-state index contributed by atoms with van der Waals surface area (Å²) in [5.41, 5.74) is 5.91. The van der Waals surface area contributed by atoms with Crippen LogP contribution in [0.25, 0.3) is 11.0 Å². The van der Waals surface area contributed by atoms with Crippen LogP contribution in [0.5, 0.6) is 11.5 Å². The van der Waals surface area contributed by atoms with Gasteiger partial charge < -0.3 is 23.7 Å². The van der Waals surface area contributed by atoms with E-state index < -0.39 is 0 Å². The molecule has 1 aromatic heterocycles. The largest absolute Gasteiger partial charge is 0.493 e. The van der Waals surface area contributed by atoms with Gasteiger partial charge in [0.25, 0.3) is 0 Å². The molecule has 1 heterocycles. The van der Waals surface area contributed by atoms with Crippen molar-refractivity contribution >= 4 is 22.6 Å². The van der Waals surface area contributed by atoms with E-state index in [2.05, 4.69) is 19.6 Å². The van der Waals surface area contributed by atoms with Crippen molar-refractivity contribution in [3.05, 3.63) is 95.8 Å². The highest BCUT2D eigenvalue weighted by Crippen LogP contribution is 2.31. The summed E-state index contributed by atoms with van der Waals surface area (Å²) in [5, 5.41) is 0. The van der Waals surface area contributed by atoms with Crippen molar-refractivity contribution in [1.82, 2.24) is 9.55 Å². The van der Waals surface area contributed by atoms with Gasteiger partial charge in [-0.05, 0) is 67.6 Å². The molecule has 0 radical (unpaired) electrons. The number of para-hydroxylation sites is 3. The number of hydrogen-bond acceptors (Lipinski definition) is 5. The first kappa shape index (κ1) is 28.9. The van der Waals surface area contributed by atoms with Crippen molar-refractivity contribution in [3.63, 3.8) is 0 Å². The zero-order valence-corrected chi connectivity index (χ0v) is 24.1. The van der Waals surface area contributed by atoms with Crippen LogP contribution in [0.15, 0.2) is 73.3 Å². The summed E-state index contributed by atoms with van der Waals surface area (Å²) < 4.78 is 19.2. The lowest BCUT2D eigenvalue weighted by atomic mass is 10.0. The van der Waals surface area contributed by atoms with Crippen molar-refractivity contribution in [3.8, 4) is 11.5 Å². The van der Waals surface area contributed by atoms with Crippen LogP contribution in [0, 0.1) is 6.92 Å². The Kier molecular flexibility index (Phi) is 9.61. The third kappa shape index (κ3) is 6.20. The maximum atomic E-state index is 14.2. The number of anilines is 1. The molecule has 7 heteroatoms. The van der Waals surface area contributed by atoms with Gasteiger partial charge in [-0.1, -0.05) is 49.4 Å². The number of nitrogens with zero attached hydrogens (tertiary/aromatic N) is 3. The molecule has 0 saturated carbocycles. The van der Waals surface area contributed by atoms with Crippen LogP contribution in [0.3, 0.4) is 0 Å². The third-order valence-electron chi connectivity index (χ3n) is 7.05. The number of amides is 1. The smallest absolute Gasteiger partial charge is 0.247 e. The van der Waals surface area contributed by atoms with Crippen LogP contribution in [-0.2, 0) is 35.5 Å². The normalized spacial score (nSPS) is 11.8. The monoisotopic (exact) mass is 541 g/mol. The molecule has 0 fully saturated rings. The fourth-order valence-corrected chi connectivity index (χ4v) is 5.15. The summed E-state index contributed by atoms with van der Waals surface area (Å²) in [6, 6.07) is 19.7. The van der Waals surface area contributed by atoms with Crippen molar-refractivity contribution in [2.45, 2.75) is 52.8 Å². The lowest BCUT2D eigenvalue weighted by Gasteiger charge is -2.32. The van der Waals surface area contributed by atoms with Gasteiger partial charge in [0, 0.05) is 7.11 Å². The fourth-order valence-electron chi connectivity index (χ4n) is 5.15. The Labute approximate surface area is 237 Å². The Hall–Kier alpha value is -4.10. The van der Waals surface area contributed by atoms with E-state index in [4.69, 9.17) is 19.2 Å². The van der Waals surface area contributed by atoms with E-state index in [0.717, 1.165) is 46.3 Å². The SMILES string of the molecule is C=CCc1ccc(OCc2nc3ccccc3n2CC(=O)N(c2c(C)cccc2CC)C(C)COC)c(OC)c1. The number of imidazole rings is 1. The van der Waals surface area contributed by atoms with E-state index in [-0.39, 0.29) is 25.1 Å². The summed E-state index contributed by atoms with van der Waals surface area (Å²) in [7, 11) is 3.29. The highest BCUT2D eigenvalue weighted by molar-refractivity contribution is 5.96. The van der Waals surface area contributed by atoms with Crippen LogP contribution >= 0.6 is 0 Å². The number of rotatable bonds is 13. The standard InChI is InChI=1S/C33H39N3O4/c1-7-12-25-17-18-29(30(19-25)39-6)40-22-31-34-27-15-9-10-16-28(27)35(31)20-32(37)36(24(4)21-38-5)33-23(3)13-11-14-26(33)8-2/h7,9-11,13-19,24H,1,8,12,20-22H2,2-6H3. The number of allylic oxidation sites excluding steroid dienone is 1. The second-order valence-electron chi connectivity index (χ2n) is 9.87. The van der Waals surface area contributed by atoms with Crippen LogP contribution in [0.4, 0.5) is 5.69 Å². The first-order valence-corrected chi connectivity index (χ1v) is 13.7. The van der Waals surface area contributed by atoms with Gasteiger partial charge in [-0.2, -0.15) is 0 Å². The molecule has 1 unspecified atom stereocenters. The molecular formula is C33H39N3O4. The van der Waals surface area contributed by atoms with Gasteiger partial charge in [-0.15, -0.1) is 6.58 Å². The number of carbonyl (C=O) groups excluding carboxylic acids is 1. The number of hydrogen-bond donors (Lipinski definition) is 0. The first-order valence-electron chi connectivity index (χ1n) is 13.7. The average Bonchev–Trinajstić information content (AvgIpc) is 3.30. The Balaban J connectivity index is 1.69. The van der Waals surface area contributed by atoms with Crippen LogP contribution < -0.4 is 14.4 Å². The lowest BCUT2D eigenvalue weighted by molar-refractivity contribution is -0.119. The zero-order valence-electron chi connectivity index (χ0n) is 24.1. The Morgan fingerprint density at radius 1 is 1.10 bits per heavy atom. The summed E-state index contributed by atoms with van der Waals surface area (Å²) in [6.45, 7) is 10.7. The van der Waals surface area contributed by atoms with Gasteiger partial charge in [0.05, 0.1) is 36.5 Å². The van der Waals surface area contributed by atoms with Gasteiger partial charge in [0.2, 0.25) is 5.91 Å². The molecule has 0 bridgehead atoms. The van der Waals surface area contributed by atoms with Gasteiger partial charge in [0.15, 0.2) is 11.5 Å². The molecule has 0 spiro atoms. The highest BCUT2D eigenvalue weighted by Gasteiger charge is 2.27. The number of aryl methyl sites for hydroxylation is 2. The Bertz CT molecular complexity index is 1480. The third-order valence-corrected chi connectivity index (χ3v) is 7.05. The number of fused-ring (bicyclic) bond motifs is 1. The molecule has 0 N–H and O–H groups in total. The van der Waals surface area contributed by atoms with Gasteiger partial charge in [0.1, 0.15) is 19.0 Å². The molecule has 0 aliphatic heterocycles. The quantitative estimate of drug-likeness (QED) is 0.186. The van der Waals surface area contributed by atoms with E-state index in [1.807, 2.05) is 84.0 Å². The predicted octanol–water partition coefficient (Wildman–Crippen LogP) is 6.29. The molecule has 0 aliphatic rings. The maximum absolute atomic E-state index is 14.2. The second kappa shape index (κ2) is 13.3. The summed E-state index contributed by atoms with van der Waals surface area (Å²) in [5.74, 6) is 1.88. The Morgan fingerprint density at radius 3 is 2.62 bits per heavy atom. The minimum absolute atomic E-state index is 0.0377. The molecule has 1 atom stereocenters. The average molecular weight is 542 g/mol. The minimum atomic E-state index is -0.156. The molecule has 7 nitrogen and oxygen atoms in total. The summed E-state index contributed by atoms with van der Waals surface area (Å²) in [4.78, 5) is 20.9. The number of carbonyl (C=O) groups is 1. The number of benzene rings is 3. The molecule has 0 aliphatic carbocycles. The number of ether oxygens (including phenoxy) is 3. The molecule has 1 amide bonds. The molecule has 3 aromatic carbocycles. The molecule has 0 saturated heterocycles. The first-order chi connectivity index (χ1) is 19.4. The van der Waals surface area contributed by atoms with Gasteiger partial charge >= 0.3 is 0 Å². The summed E-state index contributed by atoms with van der Waals surface area (Å²) >= 11 is 0. The van der Waals surface area contributed by atoms with E-state index >= 15 is 0 Å². The maximum Gasteiger partial charge on any atom is 0.247 e. The van der Waals surface area contributed by atoms with Gasteiger partial charge in [-0.25, -0.2) is 4.98 Å². The highest BCUT2D eigenvalue weighted by atomic mass is 16.5. The molecule has 40 heavy (non-hydrogen) atoms. The van der Waals surface area contributed by atoms with Gasteiger partial charge in [-0.3, -0.25) is 4.79 Å². The number of methoxy groups -OCH3 is 2. The van der Waals surface area contributed by atoms with Crippen molar-refractivity contribution < 1.29 is 19.0 Å². The van der Waals surface area contributed by atoms with E-state index in [1.165, 1.54) is 0 Å². The summed E-state index contributed by atoms with van der Waals surface area (Å²) in [6.07, 6.45) is 3.42. The second-order valence-corrected chi connectivity index (χ2v) is 9.87. The van der Waals surface area contributed by atoms with Crippen LogP contribution in [0.1, 0.15) is 36.4 Å². The number of aromatic nitrogens is 2. The van der Waals surface area contributed by atoms with Crippen molar-refractivity contribution in [2.24, 2.45) is 0 Å². The Morgan fingerprint density at radius 2 is 1.90 bits per heavy atom. The molecular weight excluding hydrogens is 502 g/mol. The van der Waals surface area contributed by atoms with E-state index in [0.29, 0.717) is 23.9 Å². The van der Waals surface area contributed by atoms with Crippen LogP contribution in [0.2, 0.25) is 0 Å². The molecule has 4 rings (SSSR count). The van der Waals surface area contributed by atoms with E-state index in [1.54, 1.807) is 14.2 Å². The molecule has 210 valence electrons. The fraction of sp³-hybridized carbons (Fsp3) is 0.333. The predicted molar refractivity (Wildman–Crippen MR) is 160 cm³/mol. The van der Waals surface area contributed by atoms with Crippen molar-refractivity contribution in [1.29, 1.82) is 0 Å². The lowest BCUT2D eigenvalue weighted by Crippen LogP contribution is -2.44. The topological polar surface area (TPSA) is 65.8 Å². The van der Waals surface area contributed by atoms with Crippen LogP contribution in [-0.4, -0.2) is 42.3 Å². The van der Waals surface area contributed by atoms with Crippen molar-refractivity contribution in [2.75, 3.05) is 25.7 Å². The molecule has 4 aromatic rings. The zero-order chi connectivity index (χ0) is 28.6. The van der Waals surface area contributed by atoms with E-state index in [9.17, 15) is 4.79 Å².